The fourth-order valence-electron chi connectivity index (χ4n) is 2.89. The fourth-order valence-corrected chi connectivity index (χ4v) is 2.89. The van der Waals surface area contributed by atoms with E-state index in [9.17, 15) is 14.7 Å². The van der Waals surface area contributed by atoms with E-state index < -0.39 is 5.78 Å². The Labute approximate surface area is 145 Å². The van der Waals surface area contributed by atoms with E-state index in [2.05, 4.69) is 0 Å². The van der Waals surface area contributed by atoms with Crippen molar-refractivity contribution in [2.45, 2.75) is 13.0 Å². The number of hydrogen-bond donors (Lipinski definition) is 1. The number of phenols is 1. The molecule has 1 N–H and O–H groups in total. The number of aromatic hydroxyl groups is 1. The summed E-state index contributed by atoms with van der Waals surface area (Å²) in [6.07, 6.45) is 2.82. The summed E-state index contributed by atoms with van der Waals surface area (Å²) in [4.78, 5) is 22.9. The first-order valence-electron chi connectivity index (χ1n) is 8.12. The van der Waals surface area contributed by atoms with Gasteiger partial charge in [-0.2, -0.15) is 0 Å². The normalized spacial score (nSPS) is 10.9. The molecule has 5 nitrogen and oxygen atoms in total. The first kappa shape index (κ1) is 16.9. The summed E-state index contributed by atoms with van der Waals surface area (Å²) in [7, 11) is 0. The van der Waals surface area contributed by atoms with Crippen molar-refractivity contribution in [3.63, 3.8) is 0 Å². The van der Waals surface area contributed by atoms with Gasteiger partial charge in [0.25, 0.3) is 0 Å². The third kappa shape index (κ3) is 3.78. The number of ketones is 1. The Morgan fingerprint density at radius 1 is 1.08 bits per heavy atom. The number of para-hydroxylation sites is 1. The quantitative estimate of drug-likeness (QED) is 0.297. The Balaban J connectivity index is 1.62. The number of ether oxygens (including phenoxy) is 1. The number of rotatable bonds is 8. The number of carbonyl (C=O) groups is 2. The maximum absolute atomic E-state index is 12.0. The summed E-state index contributed by atoms with van der Waals surface area (Å²) in [5, 5.41) is 11.4. The molecule has 25 heavy (non-hydrogen) atoms. The molecule has 3 rings (SSSR count). The molecule has 0 amide bonds. The van der Waals surface area contributed by atoms with E-state index in [0.29, 0.717) is 38.2 Å². The van der Waals surface area contributed by atoms with E-state index in [1.807, 2.05) is 42.6 Å². The summed E-state index contributed by atoms with van der Waals surface area (Å²) in [5.74, 6) is -0.267. The Kier molecular flexibility index (Phi) is 5.26. The third-order valence-electron chi connectivity index (χ3n) is 4.12. The molecular weight excluding hydrogens is 318 g/mol. The van der Waals surface area contributed by atoms with Gasteiger partial charge in [0.2, 0.25) is 5.78 Å². The van der Waals surface area contributed by atoms with Crippen LogP contribution in [0.15, 0.2) is 54.7 Å². The van der Waals surface area contributed by atoms with E-state index >= 15 is 0 Å². The lowest BCUT2D eigenvalue weighted by molar-refractivity contribution is -0.104. The van der Waals surface area contributed by atoms with Gasteiger partial charge < -0.3 is 14.4 Å². The van der Waals surface area contributed by atoms with Gasteiger partial charge in [-0.3, -0.25) is 9.59 Å². The standard InChI is InChI=1S/C20H19NO4/c22-14-19(24)20-17-7-3-1-6-16(17)13-21(20)10-12-25-11-9-15-5-2-4-8-18(15)23/h1-8,13-14,23H,9-12H2. The number of carbonyl (C=O) groups excluding carboxylic acids is 2. The maximum Gasteiger partial charge on any atom is 0.242 e. The highest BCUT2D eigenvalue weighted by molar-refractivity contribution is 6.35. The number of aldehydes is 1. The van der Waals surface area contributed by atoms with Gasteiger partial charge in [-0.15, -0.1) is 0 Å². The van der Waals surface area contributed by atoms with Crippen molar-refractivity contribution in [3.05, 3.63) is 66.0 Å². The van der Waals surface area contributed by atoms with Crippen molar-refractivity contribution in [3.8, 4) is 5.75 Å². The molecule has 0 radical (unpaired) electrons. The van der Waals surface area contributed by atoms with Crippen molar-refractivity contribution in [2.24, 2.45) is 0 Å². The highest BCUT2D eigenvalue weighted by atomic mass is 16.5. The molecule has 5 heteroatoms. The summed E-state index contributed by atoms with van der Waals surface area (Å²) in [6, 6.07) is 14.6. The van der Waals surface area contributed by atoms with Crippen LogP contribution in [0.2, 0.25) is 0 Å². The fraction of sp³-hybridized carbons (Fsp3) is 0.200. The second-order valence-electron chi connectivity index (χ2n) is 5.73. The molecule has 0 aliphatic rings. The van der Waals surface area contributed by atoms with Crippen LogP contribution < -0.4 is 0 Å². The Morgan fingerprint density at radius 2 is 1.84 bits per heavy atom. The summed E-state index contributed by atoms with van der Waals surface area (Å²) >= 11 is 0. The van der Waals surface area contributed by atoms with Crippen molar-refractivity contribution >= 4 is 22.8 Å². The van der Waals surface area contributed by atoms with Crippen LogP contribution >= 0.6 is 0 Å². The Bertz CT molecular complexity index is 898. The first-order chi connectivity index (χ1) is 12.2. The molecule has 2 aromatic carbocycles. The molecule has 0 saturated heterocycles. The minimum absolute atomic E-state index is 0.265. The van der Waals surface area contributed by atoms with Gasteiger partial charge >= 0.3 is 0 Å². The van der Waals surface area contributed by atoms with E-state index in [-0.39, 0.29) is 5.75 Å². The van der Waals surface area contributed by atoms with Gasteiger partial charge in [-0.1, -0.05) is 42.5 Å². The molecule has 0 fully saturated rings. The predicted molar refractivity (Wildman–Crippen MR) is 95.0 cm³/mol. The lowest BCUT2D eigenvalue weighted by atomic mass is 10.1. The summed E-state index contributed by atoms with van der Waals surface area (Å²) < 4.78 is 7.39. The molecule has 1 aromatic heterocycles. The van der Waals surface area contributed by atoms with Gasteiger partial charge in [0.05, 0.1) is 13.2 Å². The second-order valence-corrected chi connectivity index (χ2v) is 5.73. The van der Waals surface area contributed by atoms with Gasteiger partial charge in [-0.25, -0.2) is 0 Å². The summed E-state index contributed by atoms with van der Waals surface area (Å²) in [6.45, 7) is 1.35. The van der Waals surface area contributed by atoms with Crippen LogP contribution in [0.5, 0.6) is 5.75 Å². The number of aromatic nitrogens is 1. The van der Waals surface area contributed by atoms with Crippen molar-refractivity contribution < 1.29 is 19.4 Å². The number of hydrogen-bond acceptors (Lipinski definition) is 4. The molecule has 0 spiro atoms. The van der Waals surface area contributed by atoms with Crippen LogP contribution in [0.4, 0.5) is 0 Å². The van der Waals surface area contributed by atoms with E-state index in [4.69, 9.17) is 4.74 Å². The minimum Gasteiger partial charge on any atom is -0.508 e. The molecular formula is C20H19NO4. The highest BCUT2D eigenvalue weighted by Crippen LogP contribution is 2.21. The Morgan fingerprint density at radius 3 is 2.64 bits per heavy atom. The third-order valence-corrected chi connectivity index (χ3v) is 4.12. The van der Waals surface area contributed by atoms with E-state index in [1.54, 1.807) is 16.7 Å². The van der Waals surface area contributed by atoms with Crippen LogP contribution in [0, 0.1) is 0 Å². The smallest absolute Gasteiger partial charge is 0.242 e. The van der Waals surface area contributed by atoms with Crippen molar-refractivity contribution in [1.29, 1.82) is 0 Å². The maximum atomic E-state index is 12.0. The molecule has 0 atom stereocenters. The van der Waals surface area contributed by atoms with Crippen molar-refractivity contribution in [1.82, 2.24) is 4.57 Å². The van der Waals surface area contributed by atoms with Gasteiger partial charge in [0, 0.05) is 23.5 Å². The average Bonchev–Trinajstić information content (AvgIpc) is 3.00. The lowest BCUT2D eigenvalue weighted by Gasteiger charge is -2.09. The van der Waals surface area contributed by atoms with Gasteiger partial charge in [-0.05, 0) is 18.1 Å². The Hall–Kier alpha value is -2.92. The molecule has 0 aliphatic carbocycles. The zero-order chi connectivity index (χ0) is 17.6. The van der Waals surface area contributed by atoms with Crippen molar-refractivity contribution in [2.75, 3.05) is 13.2 Å². The van der Waals surface area contributed by atoms with Crippen LogP contribution in [0.3, 0.4) is 0 Å². The van der Waals surface area contributed by atoms with Gasteiger partial charge in [0.1, 0.15) is 11.4 Å². The molecule has 0 unspecified atom stereocenters. The monoisotopic (exact) mass is 337 g/mol. The predicted octanol–water partition coefficient (Wildman–Crippen LogP) is 2.99. The van der Waals surface area contributed by atoms with Crippen LogP contribution in [0.1, 0.15) is 16.1 Å². The number of nitrogens with zero attached hydrogens (tertiary/aromatic N) is 1. The second kappa shape index (κ2) is 7.77. The summed E-state index contributed by atoms with van der Waals surface area (Å²) in [5.41, 5.74) is 1.24. The van der Waals surface area contributed by atoms with E-state index in [0.717, 1.165) is 16.3 Å². The molecule has 0 bridgehead atoms. The minimum atomic E-state index is -0.532. The number of benzene rings is 2. The zero-order valence-corrected chi connectivity index (χ0v) is 13.7. The van der Waals surface area contributed by atoms with Crippen LogP contribution in [-0.4, -0.2) is 35.0 Å². The number of phenolic OH excluding ortho intramolecular Hbond substituents is 1. The molecule has 0 saturated carbocycles. The zero-order valence-electron chi connectivity index (χ0n) is 13.7. The molecule has 1 heterocycles. The van der Waals surface area contributed by atoms with E-state index in [1.165, 1.54) is 0 Å². The first-order valence-corrected chi connectivity index (χ1v) is 8.12. The van der Waals surface area contributed by atoms with Gasteiger partial charge in [0.15, 0.2) is 6.29 Å². The molecule has 3 aromatic rings. The topological polar surface area (TPSA) is 68.5 Å². The average molecular weight is 337 g/mol. The number of fused-ring (bicyclic) bond motifs is 1. The van der Waals surface area contributed by atoms with Crippen LogP contribution in [0.25, 0.3) is 10.8 Å². The lowest BCUT2D eigenvalue weighted by Crippen LogP contribution is -2.13. The highest BCUT2D eigenvalue weighted by Gasteiger charge is 2.15. The molecule has 128 valence electrons. The largest absolute Gasteiger partial charge is 0.508 e. The number of Topliss-reactive ketones (excluding diaryl/α,β-unsaturated/α-hetero) is 1. The van der Waals surface area contributed by atoms with Crippen LogP contribution in [-0.2, 0) is 22.5 Å². The SMILES string of the molecule is O=CC(=O)c1c2ccccc2cn1CCOCCc1ccccc1O. The molecule has 0 aliphatic heterocycles.